The van der Waals surface area contributed by atoms with Gasteiger partial charge in [-0.1, -0.05) is 25.3 Å². The van der Waals surface area contributed by atoms with Gasteiger partial charge in [-0.3, -0.25) is 0 Å². The van der Waals surface area contributed by atoms with Crippen molar-refractivity contribution in [3.63, 3.8) is 0 Å². The Hall–Kier alpha value is -1.71. The topological polar surface area (TPSA) is 64.3 Å². The Labute approximate surface area is 114 Å². The van der Waals surface area contributed by atoms with E-state index < -0.39 is 0 Å². The summed E-state index contributed by atoms with van der Waals surface area (Å²) in [6, 6.07) is 5.42. The van der Waals surface area contributed by atoms with E-state index in [4.69, 9.17) is 10.5 Å². The molecule has 0 amide bonds. The van der Waals surface area contributed by atoms with Crippen molar-refractivity contribution in [3.8, 4) is 0 Å². The fraction of sp³-hybridized carbons (Fsp3) is 0.533. The van der Waals surface area contributed by atoms with Crippen molar-refractivity contribution in [2.45, 2.75) is 32.1 Å². The van der Waals surface area contributed by atoms with Gasteiger partial charge in [0, 0.05) is 6.54 Å². The van der Waals surface area contributed by atoms with Crippen molar-refractivity contribution >= 4 is 17.3 Å². The highest BCUT2D eigenvalue weighted by molar-refractivity contribution is 5.98. The normalized spacial score (nSPS) is 16.1. The van der Waals surface area contributed by atoms with Gasteiger partial charge in [0.15, 0.2) is 0 Å². The van der Waals surface area contributed by atoms with Crippen LogP contribution in [-0.4, -0.2) is 19.6 Å². The number of methoxy groups -OCH3 is 1. The lowest BCUT2D eigenvalue weighted by molar-refractivity contribution is 0.0602. The van der Waals surface area contributed by atoms with Crippen molar-refractivity contribution in [2.24, 2.45) is 5.92 Å². The van der Waals surface area contributed by atoms with E-state index in [-0.39, 0.29) is 5.97 Å². The van der Waals surface area contributed by atoms with Gasteiger partial charge in [0.25, 0.3) is 0 Å². The van der Waals surface area contributed by atoms with Crippen LogP contribution in [0.25, 0.3) is 0 Å². The number of ether oxygens (including phenoxy) is 1. The average molecular weight is 262 g/mol. The Balaban J connectivity index is 2.01. The molecule has 1 fully saturated rings. The Morgan fingerprint density at radius 1 is 1.37 bits per heavy atom. The number of nitrogens with one attached hydrogen (secondary N) is 1. The smallest absolute Gasteiger partial charge is 0.340 e. The molecule has 0 aromatic heterocycles. The molecule has 1 aromatic rings. The lowest BCUT2D eigenvalue weighted by atomic mass is 9.89. The van der Waals surface area contributed by atoms with Crippen molar-refractivity contribution in [3.05, 3.63) is 23.8 Å². The maximum atomic E-state index is 11.6. The molecule has 0 atom stereocenters. The molecule has 1 aromatic carbocycles. The molecule has 1 aliphatic rings. The third-order valence-corrected chi connectivity index (χ3v) is 3.82. The van der Waals surface area contributed by atoms with E-state index >= 15 is 0 Å². The molecule has 4 heteroatoms. The number of esters is 1. The fourth-order valence-electron chi connectivity index (χ4n) is 2.65. The first-order valence-corrected chi connectivity index (χ1v) is 6.93. The van der Waals surface area contributed by atoms with Crippen LogP contribution >= 0.6 is 0 Å². The maximum absolute atomic E-state index is 11.6. The van der Waals surface area contributed by atoms with Gasteiger partial charge < -0.3 is 15.8 Å². The van der Waals surface area contributed by atoms with Crippen LogP contribution in [0.15, 0.2) is 18.2 Å². The van der Waals surface area contributed by atoms with E-state index in [2.05, 4.69) is 5.32 Å². The van der Waals surface area contributed by atoms with Crippen molar-refractivity contribution < 1.29 is 9.53 Å². The van der Waals surface area contributed by atoms with Gasteiger partial charge in [0.1, 0.15) is 0 Å². The van der Waals surface area contributed by atoms with E-state index in [0.29, 0.717) is 11.3 Å². The molecule has 19 heavy (non-hydrogen) atoms. The summed E-state index contributed by atoms with van der Waals surface area (Å²) in [5.41, 5.74) is 7.74. The third kappa shape index (κ3) is 3.40. The number of nitrogens with two attached hydrogens (primary N) is 1. The van der Waals surface area contributed by atoms with Crippen LogP contribution in [0.3, 0.4) is 0 Å². The van der Waals surface area contributed by atoms with E-state index in [9.17, 15) is 4.79 Å². The zero-order valence-electron chi connectivity index (χ0n) is 11.4. The lowest BCUT2D eigenvalue weighted by Crippen LogP contribution is -2.18. The molecule has 0 unspecified atom stereocenters. The minimum atomic E-state index is -0.390. The van der Waals surface area contributed by atoms with Gasteiger partial charge in [-0.2, -0.15) is 0 Å². The standard InChI is InChI=1S/C15H22N2O2/c1-19-15(18)12-8-5-9-13(14(12)16)17-10-11-6-3-2-4-7-11/h5,8-9,11,17H,2-4,6-7,10,16H2,1H3. The van der Waals surface area contributed by atoms with Gasteiger partial charge in [-0.15, -0.1) is 0 Å². The Kier molecular flexibility index (Phi) is 4.66. The van der Waals surface area contributed by atoms with Crippen LogP contribution < -0.4 is 11.1 Å². The van der Waals surface area contributed by atoms with Gasteiger partial charge in [-0.05, 0) is 30.9 Å². The molecule has 1 saturated carbocycles. The van der Waals surface area contributed by atoms with Crippen LogP contribution in [0.5, 0.6) is 0 Å². The molecule has 2 rings (SSSR count). The molecule has 4 nitrogen and oxygen atoms in total. The van der Waals surface area contributed by atoms with Crippen LogP contribution in [0.4, 0.5) is 11.4 Å². The third-order valence-electron chi connectivity index (χ3n) is 3.82. The van der Waals surface area contributed by atoms with Crippen molar-refractivity contribution in [2.75, 3.05) is 24.7 Å². The van der Waals surface area contributed by atoms with Gasteiger partial charge in [0.2, 0.25) is 0 Å². The Morgan fingerprint density at radius 2 is 2.11 bits per heavy atom. The molecule has 0 spiro atoms. The Bertz CT molecular complexity index is 440. The molecule has 1 aliphatic carbocycles. The number of hydrogen-bond donors (Lipinski definition) is 2. The largest absolute Gasteiger partial charge is 0.465 e. The highest BCUT2D eigenvalue weighted by Gasteiger charge is 2.15. The quantitative estimate of drug-likeness (QED) is 0.646. The van der Waals surface area contributed by atoms with Gasteiger partial charge in [0.05, 0.1) is 24.0 Å². The number of anilines is 2. The zero-order chi connectivity index (χ0) is 13.7. The highest BCUT2D eigenvalue weighted by Crippen LogP contribution is 2.27. The van der Waals surface area contributed by atoms with Crippen LogP contribution in [0.2, 0.25) is 0 Å². The predicted octanol–water partition coefficient (Wildman–Crippen LogP) is 3.05. The summed E-state index contributed by atoms with van der Waals surface area (Å²) in [6.07, 6.45) is 6.57. The molecule has 3 N–H and O–H groups in total. The molecule has 0 saturated heterocycles. The lowest BCUT2D eigenvalue weighted by Gasteiger charge is -2.23. The van der Waals surface area contributed by atoms with Gasteiger partial charge in [-0.25, -0.2) is 4.79 Å². The van der Waals surface area contributed by atoms with Crippen LogP contribution in [0.1, 0.15) is 42.5 Å². The van der Waals surface area contributed by atoms with Crippen LogP contribution in [-0.2, 0) is 4.74 Å². The summed E-state index contributed by atoms with van der Waals surface area (Å²) in [4.78, 5) is 11.6. The first-order chi connectivity index (χ1) is 9.22. The van der Waals surface area contributed by atoms with Crippen LogP contribution in [0, 0.1) is 5.92 Å². The number of carbonyl (C=O) groups is 1. The average Bonchev–Trinajstić information content (AvgIpc) is 2.46. The maximum Gasteiger partial charge on any atom is 0.340 e. The SMILES string of the molecule is COC(=O)c1cccc(NCC2CCCCC2)c1N. The second kappa shape index (κ2) is 6.45. The molecule has 104 valence electrons. The number of benzene rings is 1. The number of hydrogen-bond acceptors (Lipinski definition) is 4. The summed E-state index contributed by atoms with van der Waals surface area (Å²) in [6.45, 7) is 0.925. The first-order valence-electron chi connectivity index (χ1n) is 6.93. The van der Waals surface area contributed by atoms with E-state index in [1.165, 1.54) is 39.2 Å². The fourth-order valence-corrected chi connectivity index (χ4v) is 2.65. The minimum absolute atomic E-state index is 0.390. The second-order valence-electron chi connectivity index (χ2n) is 5.14. The second-order valence-corrected chi connectivity index (χ2v) is 5.14. The summed E-state index contributed by atoms with van der Waals surface area (Å²) < 4.78 is 4.72. The molecule has 0 heterocycles. The van der Waals surface area contributed by atoms with Crippen molar-refractivity contribution in [1.82, 2.24) is 0 Å². The van der Waals surface area contributed by atoms with Crippen molar-refractivity contribution in [1.29, 1.82) is 0 Å². The number of nitrogen functional groups attached to an aromatic ring is 1. The molecular weight excluding hydrogens is 240 g/mol. The van der Waals surface area contributed by atoms with E-state index in [1.54, 1.807) is 6.07 Å². The van der Waals surface area contributed by atoms with E-state index in [1.807, 2.05) is 12.1 Å². The first kappa shape index (κ1) is 13.7. The zero-order valence-corrected chi connectivity index (χ0v) is 11.4. The highest BCUT2D eigenvalue weighted by atomic mass is 16.5. The molecule has 0 bridgehead atoms. The summed E-state index contributed by atoms with van der Waals surface area (Å²) in [5, 5.41) is 3.37. The number of rotatable bonds is 4. The summed E-state index contributed by atoms with van der Waals surface area (Å²) in [7, 11) is 1.36. The number of carbonyl (C=O) groups excluding carboxylic acids is 1. The number of para-hydroxylation sites is 1. The van der Waals surface area contributed by atoms with Gasteiger partial charge >= 0.3 is 5.97 Å². The van der Waals surface area contributed by atoms with E-state index in [0.717, 1.165) is 18.2 Å². The monoisotopic (exact) mass is 262 g/mol. The minimum Gasteiger partial charge on any atom is -0.465 e. The summed E-state index contributed by atoms with van der Waals surface area (Å²) >= 11 is 0. The molecular formula is C15H22N2O2. The molecule has 0 radical (unpaired) electrons. The Morgan fingerprint density at radius 3 is 2.79 bits per heavy atom. The molecule has 0 aliphatic heterocycles. The summed E-state index contributed by atoms with van der Waals surface area (Å²) in [5.74, 6) is 0.328. The predicted molar refractivity (Wildman–Crippen MR) is 77.3 cm³/mol.